The number of ether oxygens (including phenoxy) is 1. The number of methoxy groups -OCH3 is 1. The molecule has 6 nitrogen and oxygen atoms in total. The largest absolute Gasteiger partial charge is 0.497 e. The molecule has 0 radical (unpaired) electrons. The Hall–Kier alpha value is -4.45. The Morgan fingerprint density at radius 1 is 0.970 bits per heavy atom. The molecule has 164 valence electrons. The minimum Gasteiger partial charge on any atom is -0.497 e. The number of carboxylic acids is 1. The Balaban J connectivity index is 1.60. The molecule has 6 heteroatoms. The molecule has 1 heterocycles. The van der Waals surface area contributed by atoms with E-state index in [0.717, 1.165) is 33.8 Å². The van der Waals surface area contributed by atoms with E-state index in [1.165, 1.54) is 18.2 Å². The number of aromatic carboxylic acids is 1. The van der Waals surface area contributed by atoms with Crippen molar-refractivity contribution in [1.29, 1.82) is 0 Å². The highest BCUT2D eigenvalue weighted by Crippen LogP contribution is 2.26. The van der Waals surface area contributed by atoms with E-state index in [4.69, 9.17) is 14.9 Å². The first-order valence-electron chi connectivity index (χ1n) is 10.4. The van der Waals surface area contributed by atoms with Crippen LogP contribution in [0.15, 0.2) is 91.1 Å². The monoisotopic (exact) mass is 438 g/mol. The van der Waals surface area contributed by atoms with Crippen molar-refractivity contribution in [3.05, 3.63) is 108 Å². The van der Waals surface area contributed by atoms with Crippen LogP contribution in [-0.4, -0.2) is 33.7 Å². The third kappa shape index (κ3) is 5.25. The van der Waals surface area contributed by atoms with Crippen LogP contribution in [0.4, 0.5) is 0 Å². The van der Waals surface area contributed by atoms with Crippen LogP contribution < -0.4 is 4.74 Å². The standard InChI is InChI=1S/C27H22N2O4/c1-33-25-15-12-20(13-16-25)26-22(18-29(28-26)23-5-3-2-4-6-23)11-14-24(30)17-19-7-9-21(10-8-19)27(31)32/h2-16,18H,17H2,1H3,(H,31,32)/b14-11-. The van der Waals surface area contributed by atoms with Crippen LogP contribution in [0.2, 0.25) is 0 Å². The number of carbonyl (C=O) groups excluding carboxylic acids is 1. The summed E-state index contributed by atoms with van der Waals surface area (Å²) in [6, 6.07) is 23.7. The van der Waals surface area contributed by atoms with Crippen molar-refractivity contribution in [3.8, 4) is 22.7 Å². The molecule has 0 saturated heterocycles. The summed E-state index contributed by atoms with van der Waals surface area (Å²) >= 11 is 0. The fraction of sp³-hybridized carbons (Fsp3) is 0.0741. The second kappa shape index (κ2) is 9.78. The second-order valence-corrected chi connectivity index (χ2v) is 7.42. The highest BCUT2D eigenvalue weighted by Gasteiger charge is 2.12. The van der Waals surface area contributed by atoms with Crippen molar-refractivity contribution >= 4 is 17.8 Å². The molecule has 0 aliphatic heterocycles. The number of nitrogens with zero attached hydrogens (tertiary/aromatic N) is 2. The summed E-state index contributed by atoms with van der Waals surface area (Å²) in [7, 11) is 1.62. The maximum Gasteiger partial charge on any atom is 0.335 e. The van der Waals surface area contributed by atoms with Gasteiger partial charge in [-0.1, -0.05) is 30.3 Å². The van der Waals surface area contributed by atoms with Crippen LogP contribution in [-0.2, 0) is 11.2 Å². The minimum atomic E-state index is -0.991. The summed E-state index contributed by atoms with van der Waals surface area (Å²) in [5.41, 5.74) is 4.32. The molecule has 0 bridgehead atoms. The molecule has 1 aromatic heterocycles. The number of carbonyl (C=O) groups is 2. The third-order valence-electron chi connectivity index (χ3n) is 5.15. The number of aromatic nitrogens is 2. The maximum absolute atomic E-state index is 12.6. The molecule has 0 amide bonds. The van der Waals surface area contributed by atoms with Crippen LogP contribution in [0.1, 0.15) is 21.5 Å². The van der Waals surface area contributed by atoms with E-state index in [9.17, 15) is 9.59 Å². The molecule has 4 aromatic rings. The summed E-state index contributed by atoms with van der Waals surface area (Å²) in [4.78, 5) is 23.6. The highest BCUT2D eigenvalue weighted by atomic mass is 16.5. The molecule has 0 spiro atoms. The van der Waals surface area contributed by atoms with Gasteiger partial charge in [-0.3, -0.25) is 4.79 Å². The fourth-order valence-corrected chi connectivity index (χ4v) is 3.40. The van der Waals surface area contributed by atoms with Gasteiger partial charge in [-0.15, -0.1) is 0 Å². The van der Waals surface area contributed by atoms with E-state index in [-0.39, 0.29) is 17.8 Å². The SMILES string of the molecule is COc1ccc(-c2nn(-c3ccccc3)cc2/C=C\C(=O)Cc2ccc(C(=O)O)cc2)cc1. The van der Waals surface area contributed by atoms with E-state index in [0.29, 0.717) is 0 Å². The summed E-state index contributed by atoms with van der Waals surface area (Å²) in [6.45, 7) is 0. The molecule has 0 saturated carbocycles. The lowest BCUT2D eigenvalue weighted by Gasteiger charge is -2.03. The number of benzene rings is 3. The Kier molecular flexibility index (Phi) is 6.45. The van der Waals surface area contributed by atoms with Crippen molar-refractivity contribution in [2.24, 2.45) is 0 Å². The number of rotatable bonds is 8. The smallest absolute Gasteiger partial charge is 0.335 e. The van der Waals surface area contributed by atoms with Gasteiger partial charge in [0.25, 0.3) is 0 Å². The molecule has 1 N–H and O–H groups in total. The van der Waals surface area contributed by atoms with Gasteiger partial charge in [0.2, 0.25) is 0 Å². The first-order valence-corrected chi connectivity index (χ1v) is 10.4. The zero-order valence-electron chi connectivity index (χ0n) is 18.0. The van der Waals surface area contributed by atoms with Crippen LogP contribution in [0.5, 0.6) is 5.75 Å². The average Bonchev–Trinajstić information content (AvgIpc) is 3.28. The maximum atomic E-state index is 12.6. The zero-order chi connectivity index (χ0) is 23.2. The third-order valence-corrected chi connectivity index (χ3v) is 5.15. The van der Waals surface area contributed by atoms with Gasteiger partial charge in [0.15, 0.2) is 5.78 Å². The van der Waals surface area contributed by atoms with Gasteiger partial charge in [0, 0.05) is 23.7 Å². The van der Waals surface area contributed by atoms with E-state index < -0.39 is 5.97 Å². The predicted octanol–water partition coefficient (Wildman–Crippen LogP) is 5.07. The molecule has 0 atom stereocenters. The molecule has 0 unspecified atom stereocenters. The van der Waals surface area contributed by atoms with Gasteiger partial charge in [-0.2, -0.15) is 5.10 Å². The van der Waals surface area contributed by atoms with Crippen molar-refractivity contribution in [2.75, 3.05) is 7.11 Å². The molecule has 33 heavy (non-hydrogen) atoms. The lowest BCUT2D eigenvalue weighted by molar-refractivity contribution is -0.113. The summed E-state index contributed by atoms with van der Waals surface area (Å²) in [5.74, 6) is -0.331. The quantitative estimate of drug-likeness (QED) is 0.389. The van der Waals surface area contributed by atoms with E-state index in [2.05, 4.69) is 0 Å². The number of para-hydroxylation sites is 1. The van der Waals surface area contributed by atoms with E-state index in [1.54, 1.807) is 30.0 Å². The van der Waals surface area contributed by atoms with Gasteiger partial charge >= 0.3 is 5.97 Å². The van der Waals surface area contributed by atoms with Crippen LogP contribution in [0, 0.1) is 0 Å². The first-order chi connectivity index (χ1) is 16.0. The fourth-order valence-electron chi connectivity index (χ4n) is 3.40. The van der Waals surface area contributed by atoms with Crippen molar-refractivity contribution < 1.29 is 19.4 Å². The number of carboxylic acid groups (broad SMARTS) is 1. The Morgan fingerprint density at radius 3 is 2.30 bits per heavy atom. The number of hydrogen-bond acceptors (Lipinski definition) is 4. The van der Waals surface area contributed by atoms with Gasteiger partial charge < -0.3 is 9.84 Å². The van der Waals surface area contributed by atoms with E-state index in [1.807, 2.05) is 60.8 Å². The number of hydrogen-bond donors (Lipinski definition) is 1. The van der Waals surface area contributed by atoms with Crippen LogP contribution in [0.3, 0.4) is 0 Å². The Morgan fingerprint density at radius 2 is 1.67 bits per heavy atom. The molecule has 3 aromatic carbocycles. The lowest BCUT2D eigenvalue weighted by atomic mass is 10.0. The van der Waals surface area contributed by atoms with Gasteiger partial charge in [-0.05, 0) is 66.2 Å². The Labute approximate surface area is 191 Å². The zero-order valence-corrected chi connectivity index (χ0v) is 18.0. The molecular weight excluding hydrogens is 416 g/mol. The normalized spacial score (nSPS) is 10.9. The molecule has 0 fully saturated rings. The van der Waals surface area contributed by atoms with E-state index >= 15 is 0 Å². The summed E-state index contributed by atoms with van der Waals surface area (Å²) in [6.07, 6.45) is 5.37. The second-order valence-electron chi connectivity index (χ2n) is 7.42. The molecule has 4 rings (SSSR count). The van der Waals surface area contributed by atoms with Crippen LogP contribution in [0.25, 0.3) is 23.0 Å². The molecule has 0 aliphatic carbocycles. The van der Waals surface area contributed by atoms with Gasteiger partial charge in [0.1, 0.15) is 5.75 Å². The lowest BCUT2D eigenvalue weighted by Crippen LogP contribution is -2.00. The van der Waals surface area contributed by atoms with Crippen molar-refractivity contribution in [3.63, 3.8) is 0 Å². The molecule has 0 aliphatic rings. The number of allylic oxidation sites excluding steroid dienone is 1. The van der Waals surface area contributed by atoms with Gasteiger partial charge in [-0.25, -0.2) is 9.48 Å². The van der Waals surface area contributed by atoms with Crippen LogP contribution >= 0.6 is 0 Å². The minimum absolute atomic E-state index is 0.0915. The highest BCUT2D eigenvalue weighted by molar-refractivity contribution is 5.96. The van der Waals surface area contributed by atoms with Crippen molar-refractivity contribution in [2.45, 2.75) is 6.42 Å². The summed E-state index contributed by atoms with van der Waals surface area (Å²) in [5, 5.41) is 13.8. The Bertz CT molecular complexity index is 1290. The predicted molar refractivity (Wildman–Crippen MR) is 127 cm³/mol. The van der Waals surface area contributed by atoms with Crippen molar-refractivity contribution in [1.82, 2.24) is 9.78 Å². The summed E-state index contributed by atoms with van der Waals surface area (Å²) < 4.78 is 7.04. The average molecular weight is 438 g/mol. The first kappa shape index (κ1) is 21.8. The molecular formula is C27H22N2O4. The van der Waals surface area contributed by atoms with Gasteiger partial charge in [0.05, 0.1) is 24.1 Å². The number of ketones is 1. The topological polar surface area (TPSA) is 81.4 Å².